The van der Waals surface area contributed by atoms with E-state index in [-0.39, 0.29) is 18.3 Å². The van der Waals surface area contributed by atoms with Crippen molar-refractivity contribution in [1.82, 2.24) is 5.43 Å². The van der Waals surface area contributed by atoms with E-state index in [2.05, 4.69) is 10.5 Å². The molecule has 0 aromatic carbocycles. The summed E-state index contributed by atoms with van der Waals surface area (Å²) in [5.74, 6) is -0.0448. The third kappa shape index (κ3) is 4.76. The van der Waals surface area contributed by atoms with Crippen LogP contribution in [0.4, 0.5) is 0 Å². The maximum Gasteiger partial charge on any atom is 0.236 e. The van der Waals surface area contributed by atoms with Crippen molar-refractivity contribution in [2.24, 2.45) is 16.6 Å². The van der Waals surface area contributed by atoms with Gasteiger partial charge in [-0.2, -0.15) is 5.10 Å². The first-order valence-corrected chi connectivity index (χ1v) is 2.45. The molecule has 5 nitrogen and oxygen atoms in total. The number of rotatable bonds is 2. The van der Waals surface area contributed by atoms with Crippen LogP contribution in [0.5, 0.6) is 0 Å². The lowest BCUT2D eigenvalue weighted by Gasteiger charge is -1.93. The zero-order valence-corrected chi connectivity index (χ0v) is 5.22. The number of amides is 1. The van der Waals surface area contributed by atoms with Crippen molar-refractivity contribution >= 4 is 11.7 Å². The number of amidine groups is 1. The van der Waals surface area contributed by atoms with Crippen molar-refractivity contribution in [2.45, 2.75) is 6.92 Å². The van der Waals surface area contributed by atoms with Crippen LogP contribution >= 0.6 is 0 Å². The molecule has 0 spiro atoms. The number of hydrogen-bond donors (Lipinski definition) is 3. The summed E-state index contributed by atoms with van der Waals surface area (Å²) in [5.41, 5.74) is 12.3. The van der Waals surface area contributed by atoms with Crippen LogP contribution in [0.25, 0.3) is 0 Å². The van der Waals surface area contributed by atoms with Crippen LogP contribution in [0.2, 0.25) is 0 Å². The Morgan fingerprint density at radius 1 is 1.78 bits per heavy atom. The van der Waals surface area contributed by atoms with Crippen LogP contribution in [-0.2, 0) is 4.79 Å². The van der Waals surface area contributed by atoms with E-state index in [4.69, 9.17) is 11.5 Å². The van der Waals surface area contributed by atoms with Crippen LogP contribution in [0, 0.1) is 0 Å². The van der Waals surface area contributed by atoms with E-state index in [1.165, 1.54) is 6.92 Å². The number of hydrogen-bond acceptors (Lipinski definition) is 3. The Labute approximate surface area is 53.1 Å². The molecule has 0 heterocycles. The van der Waals surface area contributed by atoms with Crippen LogP contribution < -0.4 is 16.9 Å². The Bertz CT molecular complexity index is 131. The fraction of sp³-hybridized carbons (Fsp3) is 0.500. The minimum Gasteiger partial charge on any atom is -0.385 e. The molecule has 52 valence electrons. The quantitative estimate of drug-likeness (QED) is 0.237. The van der Waals surface area contributed by atoms with Crippen LogP contribution in [0.3, 0.4) is 0 Å². The minimum atomic E-state index is -0.258. The fourth-order valence-electron chi connectivity index (χ4n) is 0.196. The number of carbonyl (C=O) groups is 1. The van der Waals surface area contributed by atoms with E-state index in [9.17, 15) is 4.79 Å². The number of nitrogens with one attached hydrogen (secondary N) is 1. The molecular weight excluding hydrogens is 120 g/mol. The van der Waals surface area contributed by atoms with Crippen molar-refractivity contribution in [3.05, 3.63) is 0 Å². The zero-order chi connectivity index (χ0) is 7.28. The molecule has 0 aliphatic rings. The lowest BCUT2D eigenvalue weighted by atomic mass is 10.6. The van der Waals surface area contributed by atoms with Crippen molar-refractivity contribution in [3.63, 3.8) is 0 Å². The topological polar surface area (TPSA) is 93.5 Å². The van der Waals surface area contributed by atoms with Crippen LogP contribution in [0.1, 0.15) is 6.92 Å². The molecule has 0 aliphatic carbocycles. The Balaban J connectivity index is 3.56. The molecular formula is C4H10N4O. The maximum atomic E-state index is 10.1. The van der Waals surface area contributed by atoms with Gasteiger partial charge in [-0.25, -0.2) is 5.43 Å². The van der Waals surface area contributed by atoms with Gasteiger partial charge in [0.2, 0.25) is 5.91 Å². The first-order valence-electron chi connectivity index (χ1n) is 2.45. The smallest absolute Gasteiger partial charge is 0.236 e. The van der Waals surface area contributed by atoms with E-state index in [1.807, 2.05) is 0 Å². The highest BCUT2D eigenvalue weighted by molar-refractivity contribution is 5.83. The molecule has 0 aromatic rings. The van der Waals surface area contributed by atoms with Crippen LogP contribution in [0.15, 0.2) is 5.10 Å². The first kappa shape index (κ1) is 7.90. The summed E-state index contributed by atoms with van der Waals surface area (Å²) in [6.45, 7) is 1.49. The van der Waals surface area contributed by atoms with E-state index in [0.29, 0.717) is 0 Å². The molecule has 0 rings (SSSR count). The molecule has 0 saturated carbocycles. The Morgan fingerprint density at radius 2 is 2.33 bits per heavy atom. The van der Waals surface area contributed by atoms with Gasteiger partial charge in [-0.1, -0.05) is 0 Å². The molecule has 1 amide bonds. The lowest BCUT2D eigenvalue weighted by Crippen LogP contribution is -2.27. The van der Waals surface area contributed by atoms with Gasteiger partial charge in [0.15, 0.2) is 0 Å². The third-order valence-corrected chi connectivity index (χ3v) is 0.566. The molecule has 0 saturated heterocycles. The maximum absolute atomic E-state index is 10.1. The second-order valence-electron chi connectivity index (χ2n) is 1.48. The molecule has 9 heavy (non-hydrogen) atoms. The molecule has 0 aromatic heterocycles. The fourth-order valence-corrected chi connectivity index (χ4v) is 0.196. The normalized spacial score (nSPS) is 11.1. The van der Waals surface area contributed by atoms with Gasteiger partial charge in [-0.05, 0) is 0 Å². The van der Waals surface area contributed by atoms with E-state index in [0.717, 1.165) is 0 Å². The number of nitrogens with two attached hydrogens (primary N) is 2. The molecule has 0 aliphatic heterocycles. The average molecular weight is 130 g/mol. The van der Waals surface area contributed by atoms with Gasteiger partial charge in [0.25, 0.3) is 0 Å². The monoisotopic (exact) mass is 130 g/mol. The summed E-state index contributed by atoms with van der Waals surface area (Å²) >= 11 is 0. The summed E-state index contributed by atoms with van der Waals surface area (Å²) in [6.07, 6.45) is 0. The van der Waals surface area contributed by atoms with Crippen molar-refractivity contribution < 1.29 is 4.79 Å². The highest BCUT2D eigenvalue weighted by Crippen LogP contribution is 1.61. The van der Waals surface area contributed by atoms with Crippen molar-refractivity contribution in [2.75, 3.05) is 6.54 Å². The molecule has 0 fully saturated rings. The van der Waals surface area contributed by atoms with Crippen LogP contribution in [-0.4, -0.2) is 18.3 Å². The van der Waals surface area contributed by atoms with Crippen molar-refractivity contribution in [3.8, 4) is 0 Å². The Morgan fingerprint density at radius 3 is 2.67 bits per heavy atom. The summed E-state index contributed by atoms with van der Waals surface area (Å²) in [6, 6.07) is 0. The van der Waals surface area contributed by atoms with Crippen molar-refractivity contribution in [1.29, 1.82) is 0 Å². The van der Waals surface area contributed by atoms with Gasteiger partial charge in [0.05, 0.1) is 6.54 Å². The zero-order valence-electron chi connectivity index (χ0n) is 5.22. The van der Waals surface area contributed by atoms with Gasteiger partial charge in [-0.3, -0.25) is 4.79 Å². The summed E-state index contributed by atoms with van der Waals surface area (Å²) in [7, 11) is 0. The minimum absolute atomic E-state index is 0.153. The number of carbonyl (C=O) groups excluding carboxylic acids is 1. The highest BCUT2D eigenvalue weighted by Gasteiger charge is 1.86. The summed E-state index contributed by atoms with van der Waals surface area (Å²) in [4.78, 5) is 10.1. The second kappa shape index (κ2) is 3.85. The Kier molecular flexibility index (Phi) is 3.38. The average Bonchev–Trinajstić information content (AvgIpc) is 1.83. The van der Waals surface area contributed by atoms with E-state index < -0.39 is 0 Å². The lowest BCUT2D eigenvalue weighted by molar-refractivity contribution is -0.118. The van der Waals surface area contributed by atoms with E-state index in [1.54, 1.807) is 0 Å². The third-order valence-electron chi connectivity index (χ3n) is 0.566. The number of hydrazone groups is 1. The molecule has 0 radical (unpaired) electrons. The summed E-state index contributed by atoms with van der Waals surface area (Å²) < 4.78 is 0. The molecule has 0 bridgehead atoms. The standard InChI is InChI=1S/C4H10N4O/c1-3(9)7-8-4(6)2-5/h2,5H2,1H3,(H2,6,8)(H,7,9). The molecule has 0 atom stereocenters. The molecule has 5 N–H and O–H groups in total. The van der Waals surface area contributed by atoms with E-state index >= 15 is 0 Å². The largest absolute Gasteiger partial charge is 0.385 e. The summed E-state index contributed by atoms with van der Waals surface area (Å²) in [5, 5.41) is 3.41. The molecule has 0 unspecified atom stereocenters. The Hall–Kier alpha value is -1.10. The number of nitrogens with zero attached hydrogens (tertiary/aromatic N) is 1. The highest BCUT2D eigenvalue weighted by atomic mass is 16.2. The SMILES string of the molecule is CC(=O)N/N=C(\N)CN. The predicted molar refractivity (Wildman–Crippen MR) is 34.5 cm³/mol. The van der Waals surface area contributed by atoms with Gasteiger partial charge in [-0.15, -0.1) is 0 Å². The molecule has 5 heteroatoms. The first-order chi connectivity index (χ1) is 4.16. The second-order valence-corrected chi connectivity index (χ2v) is 1.48. The van der Waals surface area contributed by atoms with Gasteiger partial charge < -0.3 is 11.5 Å². The predicted octanol–water partition coefficient (Wildman–Crippen LogP) is -1.65. The van der Waals surface area contributed by atoms with Gasteiger partial charge in [0, 0.05) is 6.92 Å². The van der Waals surface area contributed by atoms with Gasteiger partial charge in [0.1, 0.15) is 5.84 Å². The van der Waals surface area contributed by atoms with Gasteiger partial charge >= 0.3 is 0 Å².